The van der Waals surface area contributed by atoms with Crippen molar-refractivity contribution in [2.45, 2.75) is 11.7 Å². The van der Waals surface area contributed by atoms with Crippen molar-refractivity contribution in [1.29, 1.82) is 0 Å². The van der Waals surface area contributed by atoms with Crippen LogP contribution >= 0.6 is 11.8 Å². The topological polar surface area (TPSA) is 148 Å². The third-order valence-corrected chi connectivity index (χ3v) is 5.90. The summed E-state index contributed by atoms with van der Waals surface area (Å²) >= 11 is 1.11. The molecule has 2 N–H and O–H groups in total. The fourth-order valence-corrected chi connectivity index (χ4v) is 4.12. The van der Waals surface area contributed by atoms with E-state index in [-0.39, 0.29) is 29.1 Å². The average Bonchev–Trinajstić information content (AvgIpc) is 3.45. The number of furan rings is 1. The molecular formula is C23H19N5O6S. The monoisotopic (exact) mass is 493 g/mol. The summed E-state index contributed by atoms with van der Waals surface area (Å²) in [6.07, 6.45) is 1.32. The van der Waals surface area contributed by atoms with E-state index in [4.69, 9.17) is 9.15 Å². The van der Waals surface area contributed by atoms with Crippen molar-refractivity contribution < 1.29 is 23.7 Å². The molecule has 0 spiro atoms. The lowest BCUT2D eigenvalue weighted by Gasteiger charge is -2.06. The zero-order valence-electron chi connectivity index (χ0n) is 18.3. The second-order valence-electron chi connectivity index (χ2n) is 7.21. The van der Waals surface area contributed by atoms with Gasteiger partial charge in [0, 0.05) is 24.2 Å². The fraction of sp³-hybridized carbons (Fsp3) is 0.130. The first-order valence-corrected chi connectivity index (χ1v) is 11.2. The second kappa shape index (κ2) is 10.7. The molecule has 4 rings (SSSR count). The summed E-state index contributed by atoms with van der Waals surface area (Å²) in [5, 5.41) is 24.0. The van der Waals surface area contributed by atoms with Crippen molar-refractivity contribution >= 4 is 46.3 Å². The van der Waals surface area contributed by atoms with Crippen LogP contribution in [-0.4, -0.2) is 40.5 Å². The molecule has 1 saturated heterocycles. The number of non-ortho nitro benzene ring substituents is 1. The van der Waals surface area contributed by atoms with Crippen molar-refractivity contribution in [2.75, 3.05) is 12.4 Å². The minimum atomic E-state index is -0.621. The molecule has 0 bridgehead atoms. The Morgan fingerprint density at radius 3 is 2.80 bits per heavy atom. The van der Waals surface area contributed by atoms with Gasteiger partial charge in [-0.15, -0.1) is 5.10 Å². The highest BCUT2D eigenvalue weighted by atomic mass is 32.2. The Labute approximate surface area is 203 Å². The molecule has 2 heterocycles. The van der Waals surface area contributed by atoms with Crippen LogP contribution in [0.1, 0.15) is 12.2 Å². The van der Waals surface area contributed by atoms with Gasteiger partial charge in [0.15, 0.2) is 5.17 Å². The third-order valence-electron chi connectivity index (χ3n) is 4.82. The summed E-state index contributed by atoms with van der Waals surface area (Å²) in [5.74, 6) is 0.498. The Hall–Kier alpha value is -4.45. The third kappa shape index (κ3) is 5.92. The van der Waals surface area contributed by atoms with Crippen molar-refractivity contribution in [3.05, 3.63) is 76.5 Å². The van der Waals surface area contributed by atoms with Crippen LogP contribution in [0.15, 0.2) is 75.3 Å². The van der Waals surface area contributed by atoms with E-state index in [0.717, 1.165) is 11.8 Å². The highest BCUT2D eigenvalue weighted by molar-refractivity contribution is 8.15. The van der Waals surface area contributed by atoms with Crippen LogP contribution in [0.2, 0.25) is 0 Å². The number of nitrogens with zero attached hydrogens (tertiary/aromatic N) is 3. The minimum absolute atomic E-state index is 0.0132. The van der Waals surface area contributed by atoms with Gasteiger partial charge < -0.3 is 19.8 Å². The van der Waals surface area contributed by atoms with E-state index in [2.05, 4.69) is 20.8 Å². The Morgan fingerprint density at radius 1 is 1.26 bits per heavy atom. The van der Waals surface area contributed by atoms with Crippen molar-refractivity contribution in [2.24, 2.45) is 10.2 Å². The molecule has 1 unspecified atom stereocenters. The van der Waals surface area contributed by atoms with E-state index >= 15 is 0 Å². The predicted molar refractivity (Wildman–Crippen MR) is 132 cm³/mol. The lowest BCUT2D eigenvalue weighted by Crippen LogP contribution is -2.28. The van der Waals surface area contributed by atoms with Crippen LogP contribution in [-0.2, 0) is 9.59 Å². The highest BCUT2D eigenvalue weighted by Crippen LogP contribution is 2.34. The van der Waals surface area contributed by atoms with Crippen LogP contribution in [0, 0.1) is 10.1 Å². The van der Waals surface area contributed by atoms with E-state index in [0.29, 0.717) is 28.5 Å². The molecule has 3 aromatic rings. The molecule has 0 aliphatic carbocycles. The largest absolute Gasteiger partial charge is 0.496 e. The number of nitrogens with one attached hydrogen (secondary N) is 2. The molecule has 1 fully saturated rings. The Morgan fingerprint density at radius 2 is 2.06 bits per heavy atom. The van der Waals surface area contributed by atoms with Gasteiger partial charge in [0.05, 0.1) is 23.8 Å². The first kappa shape index (κ1) is 23.7. The van der Waals surface area contributed by atoms with Crippen LogP contribution in [0.4, 0.5) is 11.4 Å². The van der Waals surface area contributed by atoms with Crippen LogP contribution < -0.4 is 15.4 Å². The van der Waals surface area contributed by atoms with E-state index in [1.54, 1.807) is 36.4 Å². The van der Waals surface area contributed by atoms with Gasteiger partial charge in [-0.3, -0.25) is 19.7 Å². The van der Waals surface area contributed by atoms with E-state index in [9.17, 15) is 19.7 Å². The van der Waals surface area contributed by atoms with Gasteiger partial charge in [0.2, 0.25) is 11.8 Å². The molecule has 0 radical (unpaired) electrons. The number of hydrogen-bond donors (Lipinski definition) is 2. The summed E-state index contributed by atoms with van der Waals surface area (Å²) in [5.41, 5.74) is 0.975. The maximum absolute atomic E-state index is 12.2. The predicted octanol–water partition coefficient (Wildman–Crippen LogP) is 3.81. The van der Waals surface area contributed by atoms with Gasteiger partial charge in [-0.05, 0) is 30.3 Å². The number of benzene rings is 2. The number of carbonyl (C=O) groups excluding carboxylic acids is 2. The summed E-state index contributed by atoms with van der Waals surface area (Å²) in [4.78, 5) is 35.0. The molecule has 178 valence electrons. The van der Waals surface area contributed by atoms with E-state index < -0.39 is 10.2 Å². The average molecular weight is 494 g/mol. The number of hydrogen-bond acceptors (Lipinski definition) is 9. The van der Waals surface area contributed by atoms with Gasteiger partial charge in [-0.25, -0.2) is 0 Å². The minimum Gasteiger partial charge on any atom is -0.496 e. The van der Waals surface area contributed by atoms with Crippen LogP contribution in [0.5, 0.6) is 5.75 Å². The molecule has 0 saturated carbocycles. The number of anilines is 1. The number of amidine groups is 1. The molecule has 2 aromatic carbocycles. The van der Waals surface area contributed by atoms with Crippen molar-refractivity contribution in [3.8, 4) is 17.1 Å². The maximum atomic E-state index is 12.2. The van der Waals surface area contributed by atoms with Crippen molar-refractivity contribution in [3.63, 3.8) is 0 Å². The molecule has 2 amide bonds. The molecular weight excluding hydrogens is 474 g/mol. The number of methoxy groups -OCH3 is 1. The number of carbonyl (C=O) groups is 2. The van der Waals surface area contributed by atoms with Gasteiger partial charge in [0.25, 0.3) is 5.69 Å². The molecule has 12 heteroatoms. The number of rotatable bonds is 8. The van der Waals surface area contributed by atoms with Gasteiger partial charge in [-0.2, -0.15) is 5.10 Å². The first-order valence-electron chi connectivity index (χ1n) is 10.3. The van der Waals surface area contributed by atoms with Crippen LogP contribution in [0.25, 0.3) is 11.3 Å². The number of para-hydroxylation sites is 1. The number of nitro benzene ring substituents is 1. The van der Waals surface area contributed by atoms with Crippen LogP contribution in [0.3, 0.4) is 0 Å². The molecule has 1 aromatic heterocycles. The highest BCUT2D eigenvalue weighted by Gasteiger charge is 2.32. The second-order valence-corrected chi connectivity index (χ2v) is 8.40. The van der Waals surface area contributed by atoms with E-state index in [1.165, 1.54) is 31.5 Å². The normalized spacial score (nSPS) is 16.4. The molecule has 1 aliphatic heterocycles. The Balaban J connectivity index is 1.38. The molecule has 1 atom stereocenters. The quantitative estimate of drug-likeness (QED) is 0.275. The number of amides is 2. The molecule has 11 nitrogen and oxygen atoms in total. The van der Waals surface area contributed by atoms with Gasteiger partial charge in [-0.1, -0.05) is 30.0 Å². The zero-order valence-corrected chi connectivity index (χ0v) is 19.2. The summed E-state index contributed by atoms with van der Waals surface area (Å²) < 4.78 is 11.0. The lowest BCUT2D eigenvalue weighted by atomic mass is 10.1. The standard InChI is InChI=1S/C23H19N5O6S/c1-33-18-9-7-15(28(31)32)11-17(18)19-10-8-16(34-19)13-24-27-23-26-22(30)20(35-23)12-21(29)25-14-5-3-2-4-6-14/h2-11,13,20H,12H2,1H3,(H,25,29)(H,26,27,30). The van der Waals surface area contributed by atoms with Crippen molar-refractivity contribution in [1.82, 2.24) is 5.32 Å². The zero-order chi connectivity index (χ0) is 24.8. The maximum Gasteiger partial charge on any atom is 0.270 e. The molecule has 35 heavy (non-hydrogen) atoms. The number of thioether (sulfide) groups is 1. The Bertz CT molecular complexity index is 1320. The van der Waals surface area contributed by atoms with E-state index in [1.807, 2.05) is 6.07 Å². The summed E-state index contributed by atoms with van der Waals surface area (Å²) in [7, 11) is 1.46. The first-order chi connectivity index (χ1) is 16.9. The lowest BCUT2D eigenvalue weighted by molar-refractivity contribution is -0.384. The smallest absolute Gasteiger partial charge is 0.270 e. The van der Waals surface area contributed by atoms with Gasteiger partial charge in [0.1, 0.15) is 22.5 Å². The van der Waals surface area contributed by atoms with Gasteiger partial charge >= 0.3 is 0 Å². The fourth-order valence-electron chi connectivity index (χ4n) is 3.20. The number of ether oxygens (including phenoxy) is 1. The summed E-state index contributed by atoms with van der Waals surface area (Å²) in [6.45, 7) is 0. The molecule has 1 aliphatic rings. The number of nitro groups is 1. The SMILES string of the molecule is COc1ccc([N+](=O)[O-])cc1-c1ccc(C=N/N=C2\NC(=O)C(CC(=O)Nc3ccccc3)S2)o1. The Kier molecular flexibility index (Phi) is 7.21. The summed E-state index contributed by atoms with van der Waals surface area (Å²) in [6, 6.07) is 16.4.